The normalized spacial score (nSPS) is 18.3. The van der Waals surface area contributed by atoms with Crippen LogP contribution in [0.4, 0.5) is 0 Å². The van der Waals surface area contributed by atoms with Gasteiger partial charge in [-0.05, 0) is 13.8 Å². The fourth-order valence-corrected chi connectivity index (χ4v) is 1.44. The molecule has 4 nitrogen and oxygen atoms in total. The minimum Gasteiger partial charge on any atom is -0.329 e. The van der Waals surface area contributed by atoms with Gasteiger partial charge in [0.25, 0.3) is 10.1 Å². The predicted octanol–water partition coefficient (Wildman–Crippen LogP) is 0.748. The van der Waals surface area contributed by atoms with Crippen LogP contribution in [0.3, 0.4) is 0 Å². The summed E-state index contributed by atoms with van der Waals surface area (Å²) in [4.78, 5) is 0. The molecular weight excluding hydrogens is 190 g/mol. The van der Waals surface area contributed by atoms with Crippen molar-refractivity contribution < 1.29 is 17.5 Å². The van der Waals surface area contributed by atoms with Crippen LogP contribution in [-0.2, 0) is 10.1 Å². The van der Waals surface area contributed by atoms with E-state index in [1.807, 2.05) is 28.1 Å². The van der Waals surface area contributed by atoms with E-state index < -0.39 is 15.4 Å². The SMILES string of the molecule is CC(CC(C)S(=O)(=O)O)[N+](C)(C)C. The zero-order chi connectivity index (χ0) is 10.9. The minimum absolute atomic E-state index is 0.205. The molecule has 0 aliphatic rings. The largest absolute Gasteiger partial charge is 0.329 e. The maximum absolute atomic E-state index is 10.7. The molecule has 2 unspecified atom stereocenters. The van der Waals surface area contributed by atoms with E-state index in [2.05, 4.69) is 0 Å². The van der Waals surface area contributed by atoms with E-state index in [0.29, 0.717) is 10.9 Å². The van der Waals surface area contributed by atoms with Gasteiger partial charge in [-0.1, -0.05) is 0 Å². The fourth-order valence-electron chi connectivity index (χ4n) is 0.918. The molecule has 0 aromatic carbocycles. The van der Waals surface area contributed by atoms with Crippen LogP contribution in [0.2, 0.25) is 0 Å². The highest BCUT2D eigenvalue weighted by atomic mass is 32.2. The minimum atomic E-state index is -3.87. The summed E-state index contributed by atoms with van der Waals surface area (Å²) in [5.41, 5.74) is 0. The summed E-state index contributed by atoms with van der Waals surface area (Å²) < 4.78 is 30.9. The second-order valence-corrected chi connectivity index (χ2v) is 6.36. The molecule has 1 N–H and O–H groups in total. The average molecular weight is 210 g/mol. The van der Waals surface area contributed by atoms with E-state index in [0.717, 1.165) is 0 Å². The van der Waals surface area contributed by atoms with Crippen molar-refractivity contribution in [3.8, 4) is 0 Å². The molecule has 0 saturated heterocycles. The molecule has 0 saturated carbocycles. The van der Waals surface area contributed by atoms with Crippen LogP contribution >= 0.6 is 0 Å². The highest BCUT2D eigenvalue weighted by molar-refractivity contribution is 7.86. The number of nitrogens with zero attached hydrogens (tertiary/aromatic N) is 1. The lowest BCUT2D eigenvalue weighted by atomic mass is 10.1. The van der Waals surface area contributed by atoms with Gasteiger partial charge < -0.3 is 4.48 Å². The molecule has 5 heteroatoms. The summed E-state index contributed by atoms with van der Waals surface area (Å²) in [6.07, 6.45) is 0.475. The smallest absolute Gasteiger partial charge is 0.267 e. The predicted molar refractivity (Wildman–Crippen MR) is 53.1 cm³/mol. The molecular formula is C8H20NO3S+. The van der Waals surface area contributed by atoms with Gasteiger partial charge >= 0.3 is 0 Å². The third kappa shape index (κ3) is 4.59. The van der Waals surface area contributed by atoms with Crippen LogP contribution in [0.1, 0.15) is 20.3 Å². The van der Waals surface area contributed by atoms with Gasteiger partial charge in [-0.3, -0.25) is 4.55 Å². The number of hydrogen-bond acceptors (Lipinski definition) is 2. The molecule has 0 radical (unpaired) electrons. The van der Waals surface area contributed by atoms with E-state index in [4.69, 9.17) is 4.55 Å². The summed E-state index contributed by atoms with van der Waals surface area (Å²) in [5, 5.41) is -0.681. The van der Waals surface area contributed by atoms with E-state index in [9.17, 15) is 8.42 Å². The summed E-state index contributed by atoms with van der Waals surface area (Å²) >= 11 is 0. The highest BCUT2D eigenvalue weighted by Gasteiger charge is 2.26. The molecule has 0 heterocycles. The quantitative estimate of drug-likeness (QED) is 0.550. The van der Waals surface area contributed by atoms with E-state index in [1.54, 1.807) is 0 Å². The molecule has 0 aromatic heterocycles. The molecule has 80 valence electrons. The van der Waals surface area contributed by atoms with Gasteiger partial charge in [0.15, 0.2) is 0 Å². The summed E-state index contributed by atoms with van der Waals surface area (Å²) in [5.74, 6) is 0. The third-order valence-electron chi connectivity index (χ3n) is 2.50. The maximum atomic E-state index is 10.7. The Hall–Kier alpha value is -0.130. The first-order valence-electron chi connectivity index (χ1n) is 4.32. The Morgan fingerprint density at radius 3 is 1.85 bits per heavy atom. The van der Waals surface area contributed by atoms with Gasteiger partial charge in [0, 0.05) is 6.42 Å². The maximum Gasteiger partial charge on any atom is 0.267 e. The molecule has 2 atom stereocenters. The van der Waals surface area contributed by atoms with Crippen molar-refractivity contribution in [2.24, 2.45) is 0 Å². The number of hydrogen-bond donors (Lipinski definition) is 1. The zero-order valence-electron chi connectivity index (χ0n) is 8.98. The molecule has 0 aromatic rings. The van der Waals surface area contributed by atoms with E-state index in [1.165, 1.54) is 6.92 Å². The van der Waals surface area contributed by atoms with Gasteiger partial charge in [0.1, 0.15) is 0 Å². The Labute approximate surface area is 80.9 Å². The molecule has 0 bridgehead atoms. The van der Waals surface area contributed by atoms with Gasteiger partial charge in [-0.2, -0.15) is 8.42 Å². The van der Waals surface area contributed by atoms with Crippen LogP contribution in [0.15, 0.2) is 0 Å². The van der Waals surface area contributed by atoms with Crippen molar-refractivity contribution in [1.29, 1.82) is 0 Å². The van der Waals surface area contributed by atoms with E-state index in [-0.39, 0.29) is 6.04 Å². The highest BCUT2D eigenvalue weighted by Crippen LogP contribution is 2.13. The van der Waals surface area contributed by atoms with Crippen molar-refractivity contribution in [1.82, 2.24) is 0 Å². The molecule has 0 rings (SSSR count). The first-order valence-corrected chi connectivity index (χ1v) is 5.83. The lowest BCUT2D eigenvalue weighted by molar-refractivity contribution is -0.894. The lowest BCUT2D eigenvalue weighted by Gasteiger charge is -2.32. The van der Waals surface area contributed by atoms with Crippen LogP contribution in [-0.4, -0.2) is 49.9 Å². The van der Waals surface area contributed by atoms with Crippen LogP contribution in [0.5, 0.6) is 0 Å². The molecule has 13 heavy (non-hydrogen) atoms. The van der Waals surface area contributed by atoms with Gasteiger partial charge in [-0.25, -0.2) is 0 Å². The number of rotatable bonds is 4. The van der Waals surface area contributed by atoms with Crippen LogP contribution in [0, 0.1) is 0 Å². The first kappa shape index (κ1) is 12.9. The lowest BCUT2D eigenvalue weighted by Crippen LogP contribution is -2.45. The van der Waals surface area contributed by atoms with Crippen molar-refractivity contribution >= 4 is 10.1 Å². The summed E-state index contributed by atoms with van der Waals surface area (Å²) in [6.45, 7) is 3.50. The van der Waals surface area contributed by atoms with E-state index >= 15 is 0 Å². The molecule has 0 aliphatic carbocycles. The topological polar surface area (TPSA) is 54.4 Å². The second kappa shape index (κ2) is 3.94. The molecule has 0 amide bonds. The van der Waals surface area contributed by atoms with Gasteiger partial charge in [0.05, 0.1) is 32.4 Å². The van der Waals surface area contributed by atoms with Gasteiger partial charge in [-0.15, -0.1) is 0 Å². The average Bonchev–Trinajstić information content (AvgIpc) is 1.82. The van der Waals surface area contributed by atoms with Crippen LogP contribution in [0.25, 0.3) is 0 Å². The first-order chi connectivity index (χ1) is 5.55. The molecule has 0 fully saturated rings. The molecule has 0 aliphatic heterocycles. The summed E-state index contributed by atoms with van der Waals surface area (Å²) in [6, 6.07) is 0.205. The Balaban J connectivity index is 4.32. The number of quaternary nitrogens is 1. The monoisotopic (exact) mass is 210 g/mol. The zero-order valence-corrected chi connectivity index (χ0v) is 9.80. The Morgan fingerprint density at radius 1 is 1.23 bits per heavy atom. The Morgan fingerprint density at radius 2 is 1.62 bits per heavy atom. The molecule has 0 spiro atoms. The second-order valence-electron chi connectivity index (χ2n) is 4.53. The Kier molecular flexibility index (Phi) is 3.90. The van der Waals surface area contributed by atoms with Crippen molar-refractivity contribution in [3.05, 3.63) is 0 Å². The van der Waals surface area contributed by atoms with Crippen molar-refractivity contribution in [2.75, 3.05) is 21.1 Å². The summed E-state index contributed by atoms with van der Waals surface area (Å²) in [7, 11) is 2.14. The van der Waals surface area contributed by atoms with Crippen molar-refractivity contribution in [3.63, 3.8) is 0 Å². The van der Waals surface area contributed by atoms with Gasteiger partial charge in [0.2, 0.25) is 0 Å². The van der Waals surface area contributed by atoms with Crippen molar-refractivity contribution in [2.45, 2.75) is 31.6 Å². The van der Waals surface area contributed by atoms with Crippen LogP contribution < -0.4 is 0 Å². The third-order valence-corrected chi connectivity index (χ3v) is 3.71. The Bertz CT molecular complexity index is 253. The standard InChI is InChI=1S/C8H19NO3S/c1-7(9(3,4)5)6-8(2)13(10,11)12/h7-8H,6H2,1-5H3/p+1. The fraction of sp³-hybridized carbons (Fsp3) is 1.00.